The first-order valence-electron chi connectivity index (χ1n) is 15.2. The zero-order valence-electron chi connectivity index (χ0n) is 24.3. The fourth-order valence-corrected chi connectivity index (χ4v) is 7.72. The molecule has 3 saturated heterocycles. The summed E-state index contributed by atoms with van der Waals surface area (Å²) in [6, 6.07) is 8.33. The first-order valence-corrected chi connectivity index (χ1v) is 15.2. The second kappa shape index (κ2) is 11.7. The minimum absolute atomic E-state index is 0.0230. The van der Waals surface area contributed by atoms with Gasteiger partial charge in [0, 0.05) is 44.1 Å². The minimum Gasteiger partial charge on any atom is -0.479 e. The monoisotopic (exact) mass is 564 g/mol. The van der Waals surface area contributed by atoms with Crippen LogP contribution in [-0.2, 0) is 16.0 Å². The quantitative estimate of drug-likeness (QED) is 0.419. The molecular weight excluding hydrogens is 520 g/mol. The standard InChI is InChI=1S/C31H44N6O4/c1-4-26(38)37-15-14-36(18-22(37)10-12-32)29-24-9-11-31(17-21-8-7-20(2)16-25(21)41-31)28(39)27(24)33-30(34-29)40-19-23-6-5-13-35(23)3/h4,7-8,16,22-24,26-27,29-30,33-34,38H,1,5-6,9-11,13-15,17-19H2,2-3H3/t22?,23?,24?,26?,27?,29?,30?,31-/m1/s1. The van der Waals surface area contributed by atoms with Gasteiger partial charge in [0.15, 0.2) is 17.7 Å². The van der Waals surface area contributed by atoms with Crippen molar-refractivity contribution in [3.8, 4) is 11.8 Å². The number of aliphatic hydroxyl groups excluding tert-OH is 1. The number of carbonyl (C=O) groups excluding carboxylic acids is 1. The number of fused-ring (bicyclic) bond motifs is 2. The second-order valence-corrected chi connectivity index (χ2v) is 12.6. The zero-order valence-corrected chi connectivity index (χ0v) is 24.3. The van der Waals surface area contributed by atoms with Crippen LogP contribution in [-0.4, -0.2) is 108 Å². The summed E-state index contributed by atoms with van der Waals surface area (Å²) in [5.41, 5.74) is 1.37. The van der Waals surface area contributed by atoms with E-state index in [0.29, 0.717) is 51.5 Å². The topological polar surface area (TPSA) is 113 Å². The van der Waals surface area contributed by atoms with Crippen LogP contribution < -0.4 is 15.4 Å². The zero-order chi connectivity index (χ0) is 28.7. The second-order valence-electron chi connectivity index (χ2n) is 12.6. The predicted molar refractivity (Wildman–Crippen MR) is 154 cm³/mol. The van der Waals surface area contributed by atoms with Crippen molar-refractivity contribution in [2.75, 3.05) is 39.8 Å². The van der Waals surface area contributed by atoms with Gasteiger partial charge < -0.3 is 19.5 Å². The van der Waals surface area contributed by atoms with Gasteiger partial charge in [-0.05, 0) is 69.5 Å². The molecule has 0 amide bonds. The lowest BCUT2D eigenvalue weighted by atomic mass is 9.70. The van der Waals surface area contributed by atoms with Crippen molar-refractivity contribution in [1.82, 2.24) is 25.3 Å². The Bertz CT molecular complexity index is 1190. The third-order valence-electron chi connectivity index (χ3n) is 10.1. The summed E-state index contributed by atoms with van der Waals surface area (Å²) < 4.78 is 12.9. The van der Waals surface area contributed by atoms with Gasteiger partial charge in [-0.3, -0.25) is 25.2 Å². The molecule has 0 aromatic heterocycles. The van der Waals surface area contributed by atoms with Crippen molar-refractivity contribution in [3.05, 3.63) is 42.0 Å². The molecule has 8 atom stereocenters. The maximum absolute atomic E-state index is 14.4. The number of carbonyl (C=O) groups is 1. The number of benzene rings is 1. The Morgan fingerprint density at radius 3 is 2.90 bits per heavy atom. The number of aryl methyl sites for hydroxylation is 1. The summed E-state index contributed by atoms with van der Waals surface area (Å²) >= 11 is 0. The van der Waals surface area contributed by atoms with Crippen molar-refractivity contribution in [2.45, 2.75) is 87.9 Å². The number of piperazine rings is 1. The Morgan fingerprint density at radius 1 is 1.29 bits per heavy atom. The van der Waals surface area contributed by atoms with Gasteiger partial charge in [-0.2, -0.15) is 5.26 Å². The number of hydrogen-bond acceptors (Lipinski definition) is 10. The van der Waals surface area contributed by atoms with Gasteiger partial charge in [0.1, 0.15) is 12.0 Å². The molecule has 3 N–H and O–H groups in total. The maximum atomic E-state index is 14.4. The van der Waals surface area contributed by atoms with Gasteiger partial charge in [-0.25, -0.2) is 0 Å². The van der Waals surface area contributed by atoms with Crippen LogP contribution in [0, 0.1) is 24.2 Å². The van der Waals surface area contributed by atoms with Gasteiger partial charge in [0.2, 0.25) is 0 Å². The molecule has 1 spiro atoms. The van der Waals surface area contributed by atoms with Gasteiger partial charge >= 0.3 is 0 Å². The molecule has 1 aliphatic carbocycles. The Kier molecular flexibility index (Phi) is 8.22. The van der Waals surface area contributed by atoms with Crippen LogP contribution in [0.15, 0.2) is 30.9 Å². The molecule has 7 unspecified atom stereocenters. The Labute approximate surface area is 243 Å². The minimum atomic E-state index is -0.849. The van der Waals surface area contributed by atoms with Crippen LogP contribution in [0.4, 0.5) is 0 Å². The van der Waals surface area contributed by atoms with E-state index in [1.165, 1.54) is 12.5 Å². The number of likely N-dealkylation sites (tertiary alicyclic amines) is 1. The highest BCUT2D eigenvalue weighted by Gasteiger charge is 2.57. The molecule has 0 bridgehead atoms. The summed E-state index contributed by atoms with van der Waals surface area (Å²) in [4.78, 5) is 21.0. The van der Waals surface area contributed by atoms with E-state index in [1.54, 1.807) is 0 Å². The number of nitrogens with zero attached hydrogens (tertiary/aromatic N) is 4. The van der Waals surface area contributed by atoms with E-state index in [9.17, 15) is 15.2 Å². The molecule has 10 nitrogen and oxygen atoms in total. The number of hydrogen-bond donors (Lipinski definition) is 3. The van der Waals surface area contributed by atoms with E-state index in [-0.39, 0.29) is 23.9 Å². The van der Waals surface area contributed by atoms with Gasteiger partial charge in [0.25, 0.3) is 0 Å². The highest BCUT2D eigenvalue weighted by Crippen LogP contribution is 2.45. The Morgan fingerprint density at radius 2 is 2.15 bits per heavy atom. The number of nitrogens with one attached hydrogen (secondary N) is 2. The first-order chi connectivity index (χ1) is 19.8. The molecule has 4 fully saturated rings. The van der Waals surface area contributed by atoms with E-state index in [0.717, 1.165) is 36.3 Å². The molecule has 4 aliphatic heterocycles. The number of likely N-dealkylation sites (N-methyl/N-ethyl adjacent to an activating group) is 1. The number of Topliss-reactive ketones (excluding diaryl/α,β-unsaturated/α-hetero) is 1. The third-order valence-corrected chi connectivity index (χ3v) is 10.1. The number of aliphatic hydroxyl groups is 1. The molecule has 1 aromatic rings. The molecule has 1 aromatic carbocycles. The molecule has 0 radical (unpaired) electrons. The summed E-state index contributed by atoms with van der Waals surface area (Å²) in [6.07, 6.45) is 4.81. The van der Waals surface area contributed by atoms with E-state index < -0.39 is 24.2 Å². The molecule has 10 heteroatoms. The molecule has 222 valence electrons. The van der Waals surface area contributed by atoms with Crippen LogP contribution >= 0.6 is 0 Å². The molecule has 6 rings (SSSR count). The predicted octanol–water partition coefficient (Wildman–Crippen LogP) is 1.33. The first kappa shape index (κ1) is 28.7. The fourth-order valence-electron chi connectivity index (χ4n) is 7.72. The van der Waals surface area contributed by atoms with Crippen LogP contribution in [0.2, 0.25) is 0 Å². The summed E-state index contributed by atoms with van der Waals surface area (Å²) in [5, 5.41) is 27.3. The van der Waals surface area contributed by atoms with Crippen molar-refractivity contribution in [2.24, 2.45) is 5.92 Å². The van der Waals surface area contributed by atoms with Gasteiger partial charge in [-0.15, -0.1) is 0 Å². The average Bonchev–Trinajstić information content (AvgIpc) is 3.56. The lowest BCUT2D eigenvalue weighted by molar-refractivity contribution is -0.158. The summed E-state index contributed by atoms with van der Waals surface area (Å²) in [7, 11) is 2.14. The Balaban J connectivity index is 1.24. The lowest BCUT2D eigenvalue weighted by Crippen LogP contribution is -2.75. The van der Waals surface area contributed by atoms with Crippen molar-refractivity contribution >= 4 is 5.78 Å². The van der Waals surface area contributed by atoms with E-state index in [2.05, 4.69) is 52.3 Å². The number of rotatable bonds is 7. The van der Waals surface area contributed by atoms with E-state index in [4.69, 9.17) is 9.47 Å². The fraction of sp³-hybridized carbons (Fsp3) is 0.677. The molecule has 5 aliphatic rings. The van der Waals surface area contributed by atoms with Crippen LogP contribution in [0.5, 0.6) is 5.75 Å². The highest BCUT2D eigenvalue weighted by molar-refractivity contribution is 5.95. The van der Waals surface area contributed by atoms with Gasteiger partial charge in [-0.1, -0.05) is 18.7 Å². The number of ketones is 1. The molecular formula is C31H44N6O4. The van der Waals surface area contributed by atoms with Crippen molar-refractivity contribution in [1.29, 1.82) is 5.26 Å². The highest BCUT2D eigenvalue weighted by atomic mass is 16.5. The summed E-state index contributed by atoms with van der Waals surface area (Å²) in [6.45, 7) is 9.37. The van der Waals surface area contributed by atoms with Crippen LogP contribution in [0.1, 0.15) is 43.2 Å². The largest absolute Gasteiger partial charge is 0.479 e. The van der Waals surface area contributed by atoms with Gasteiger partial charge in [0.05, 0.1) is 31.3 Å². The third kappa shape index (κ3) is 5.45. The van der Waals surface area contributed by atoms with Crippen molar-refractivity contribution in [3.63, 3.8) is 0 Å². The Hall–Kier alpha value is -2.36. The smallest absolute Gasteiger partial charge is 0.193 e. The number of ether oxygens (including phenoxy) is 2. The molecule has 41 heavy (non-hydrogen) atoms. The lowest BCUT2D eigenvalue weighted by Gasteiger charge is -2.54. The van der Waals surface area contributed by atoms with Crippen molar-refractivity contribution < 1.29 is 19.4 Å². The molecule has 4 heterocycles. The maximum Gasteiger partial charge on any atom is 0.193 e. The average molecular weight is 565 g/mol. The van der Waals surface area contributed by atoms with Crippen LogP contribution in [0.3, 0.4) is 0 Å². The number of nitriles is 1. The van der Waals surface area contributed by atoms with E-state index >= 15 is 0 Å². The summed E-state index contributed by atoms with van der Waals surface area (Å²) in [5.74, 6) is 0.959. The normalized spacial score (nSPS) is 36.9. The SMILES string of the molecule is C=CC(O)N1CCN(C2NC(OCC3CCCN3C)NC3C(=O)[C@@]4(CCC32)Cc2ccc(C)cc2O4)CC1CC#N. The van der Waals surface area contributed by atoms with E-state index in [1.807, 2.05) is 17.9 Å². The van der Waals surface area contributed by atoms with Crippen LogP contribution in [0.25, 0.3) is 0 Å². The molecule has 1 saturated carbocycles.